The number of carbonyl (C=O) groups excluding carboxylic acids is 1. The van der Waals surface area contributed by atoms with Gasteiger partial charge < -0.3 is 4.74 Å². The molecule has 0 unspecified atom stereocenters. The molecule has 3 aromatic rings. The quantitative estimate of drug-likeness (QED) is 0.502. The van der Waals surface area contributed by atoms with E-state index in [-0.39, 0.29) is 5.97 Å². The van der Waals surface area contributed by atoms with Crippen LogP contribution in [-0.2, 0) is 0 Å². The highest BCUT2D eigenvalue weighted by Gasteiger charge is 2.13. The molecule has 0 aliphatic carbocycles. The molecule has 104 valence electrons. The number of hydrogen-bond donors (Lipinski definition) is 0. The fourth-order valence-corrected chi connectivity index (χ4v) is 2.47. The highest BCUT2D eigenvalue weighted by atomic mass is 16.5. The predicted molar refractivity (Wildman–Crippen MR) is 84.8 cm³/mol. The van der Waals surface area contributed by atoms with Gasteiger partial charge in [-0.2, -0.15) is 0 Å². The van der Waals surface area contributed by atoms with Gasteiger partial charge in [0.25, 0.3) is 0 Å². The summed E-state index contributed by atoms with van der Waals surface area (Å²) in [7, 11) is 0. The molecule has 0 fully saturated rings. The van der Waals surface area contributed by atoms with Gasteiger partial charge in [-0.3, -0.25) is 0 Å². The van der Waals surface area contributed by atoms with Crippen LogP contribution < -0.4 is 4.74 Å². The average Bonchev–Trinajstić information content (AvgIpc) is 2.49. The van der Waals surface area contributed by atoms with E-state index in [0.717, 1.165) is 21.9 Å². The second-order valence-corrected chi connectivity index (χ2v) is 5.19. The zero-order valence-corrected chi connectivity index (χ0v) is 12.1. The maximum atomic E-state index is 12.4. The molecule has 0 heterocycles. The second-order valence-electron chi connectivity index (χ2n) is 5.19. The van der Waals surface area contributed by atoms with Crippen molar-refractivity contribution in [2.75, 3.05) is 0 Å². The van der Waals surface area contributed by atoms with E-state index in [2.05, 4.69) is 0 Å². The summed E-state index contributed by atoms with van der Waals surface area (Å²) in [6.07, 6.45) is 0. The topological polar surface area (TPSA) is 26.3 Å². The summed E-state index contributed by atoms with van der Waals surface area (Å²) in [4.78, 5) is 12.4. The second kappa shape index (κ2) is 5.41. The predicted octanol–water partition coefficient (Wildman–Crippen LogP) is 4.68. The lowest BCUT2D eigenvalue weighted by Gasteiger charge is -2.09. The maximum absolute atomic E-state index is 12.4. The maximum Gasteiger partial charge on any atom is 0.344 e. The van der Waals surface area contributed by atoms with Crippen LogP contribution >= 0.6 is 0 Å². The summed E-state index contributed by atoms with van der Waals surface area (Å²) in [5, 5.41) is 1.95. The first-order chi connectivity index (χ1) is 10.1. The number of ether oxygens (including phenoxy) is 1. The molecule has 0 saturated heterocycles. The van der Waals surface area contributed by atoms with Crippen LogP contribution in [0.25, 0.3) is 10.8 Å². The Labute approximate surface area is 124 Å². The summed E-state index contributed by atoms with van der Waals surface area (Å²) in [5.74, 6) is 0.289. The largest absolute Gasteiger partial charge is 0.423 e. The molecule has 3 rings (SSSR count). The Kier molecular flexibility index (Phi) is 3.44. The summed E-state index contributed by atoms with van der Waals surface area (Å²) < 4.78 is 5.56. The minimum atomic E-state index is -0.321. The summed E-state index contributed by atoms with van der Waals surface area (Å²) in [6, 6.07) is 19.3. The van der Waals surface area contributed by atoms with Crippen molar-refractivity contribution in [3.8, 4) is 5.75 Å². The molecule has 0 N–H and O–H groups in total. The smallest absolute Gasteiger partial charge is 0.344 e. The number of esters is 1. The summed E-state index contributed by atoms with van der Waals surface area (Å²) in [6.45, 7) is 3.96. The van der Waals surface area contributed by atoms with Crippen molar-refractivity contribution < 1.29 is 9.53 Å². The highest BCUT2D eigenvalue weighted by Crippen LogP contribution is 2.23. The van der Waals surface area contributed by atoms with Crippen molar-refractivity contribution in [1.82, 2.24) is 0 Å². The van der Waals surface area contributed by atoms with E-state index < -0.39 is 0 Å². The number of hydrogen-bond acceptors (Lipinski definition) is 2. The molecule has 0 aromatic heterocycles. The molecule has 0 atom stereocenters. The lowest BCUT2D eigenvalue weighted by molar-refractivity contribution is 0.0735. The zero-order chi connectivity index (χ0) is 14.8. The molecule has 0 spiro atoms. The Balaban J connectivity index is 1.97. The molecule has 0 saturated carbocycles. The Morgan fingerprint density at radius 1 is 0.905 bits per heavy atom. The third-order valence-electron chi connectivity index (χ3n) is 3.54. The van der Waals surface area contributed by atoms with Crippen LogP contribution in [0.5, 0.6) is 5.75 Å². The van der Waals surface area contributed by atoms with Crippen LogP contribution in [0.4, 0.5) is 0 Å². The molecular formula is C19H16O2. The van der Waals surface area contributed by atoms with Crippen molar-refractivity contribution in [3.63, 3.8) is 0 Å². The van der Waals surface area contributed by atoms with Gasteiger partial charge in [0.2, 0.25) is 0 Å². The number of carbonyl (C=O) groups is 1. The lowest BCUT2D eigenvalue weighted by Crippen LogP contribution is -2.09. The van der Waals surface area contributed by atoms with E-state index in [1.807, 2.05) is 68.4 Å². The molecule has 0 aliphatic rings. The molecule has 0 amide bonds. The first kappa shape index (κ1) is 13.4. The molecule has 0 bridgehead atoms. The Morgan fingerprint density at radius 3 is 2.48 bits per heavy atom. The van der Waals surface area contributed by atoms with Crippen LogP contribution in [0.2, 0.25) is 0 Å². The monoisotopic (exact) mass is 276 g/mol. The minimum Gasteiger partial charge on any atom is -0.423 e. The van der Waals surface area contributed by atoms with Gasteiger partial charge in [-0.05, 0) is 42.3 Å². The van der Waals surface area contributed by atoms with E-state index >= 15 is 0 Å². The third-order valence-corrected chi connectivity index (χ3v) is 3.54. The number of rotatable bonds is 2. The van der Waals surface area contributed by atoms with E-state index in [1.165, 1.54) is 0 Å². The van der Waals surface area contributed by atoms with Gasteiger partial charge in [-0.15, -0.1) is 0 Å². The van der Waals surface area contributed by atoms with E-state index in [0.29, 0.717) is 11.3 Å². The van der Waals surface area contributed by atoms with E-state index in [9.17, 15) is 4.79 Å². The number of fused-ring (bicyclic) bond motifs is 1. The normalized spacial score (nSPS) is 10.6. The average molecular weight is 276 g/mol. The highest BCUT2D eigenvalue weighted by molar-refractivity contribution is 6.05. The fraction of sp³-hybridized carbons (Fsp3) is 0.105. The van der Waals surface area contributed by atoms with Gasteiger partial charge in [0.05, 0.1) is 5.56 Å². The van der Waals surface area contributed by atoms with Gasteiger partial charge in [-0.1, -0.05) is 54.1 Å². The number of aryl methyl sites for hydroxylation is 2. The molecular weight excluding hydrogens is 260 g/mol. The fourth-order valence-electron chi connectivity index (χ4n) is 2.47. The van der Waals surface area contributed by atoms with Crippen LogP contribution in [0, 0.1) is 13.8 Å². The van der Waals surface area contributed by atoms with Gasteiger partial charge in [0.15, 0.2) is 0 Å². The van der Waals surface area contributed by atoms with Gasteiger partial charge in [-0.25, -0.2) is 4.79 Å². The van der Waals surface area contributed by atoms with Crippen LogP contribution in [0.1, 0.15) is 21.5 Å². The van der Waals surface area contributed by atoms with Crippen molar-refractivity contribution >= 4 is 16.7 Å². The van der Waals surface area contributed by atoms with Crippen molar-refractivity contribution in [2.24, 2.45) is 0 Å². The first-order valence-electron chi connectivity index (χ1n) is 6.92. The molecule has 2 nitrogen and oxygen atoms in total. The molecule has 0 aliphatic heterocycles. The molecule has 0 radical (unpaired) electrons. The SMILES string of the molecule is Cc1ccc(OC(=O)c2cccc3ccccc23)c(C)c1. The molecule has 3 aromatic carbocycles. The van der Waals surface area contributed by atoms with Crippen molar-refractivity contribution in [2.45, 2.75) is 13.8 Å². The Bertz CT molecular complexity index is 813. The van der Waals surface area contributed by atoms with Gasteiger partial charge in [0.1, 0.15) is 5.75 Å². The van der Waals surface area contributed by atoms with Crippen LogP contribution in [0.3, 0.4) is 0 Å². The van der Waals surface area contributed by atoms with Crippen LogP contribution in [-0.4, -0.2) is 5.97 Å². The standard InChI is InChI=1S/C19H16O2/c1-13-10-11-18(14(2)12-13)21-19(20)17-9-5-7-15-6-3-4-8-16(15)17/h3-12H,1-2H3. The molecule has 2 heteroatoms. The van der Waals surface area contributed by atoms with E-state index in [1.54, 1.807) is 6.07 Å². The van der Waals surface area contributed by atoms with Crippen molar-refractivity contribution in [3.05, 3.63) is 77.4 Å². The zero-order valence-electron chi connectivity index (χ0n) is 12.1. The third kappa shape index (κ3) is 2.65. The summed E-state index contributed by atoms with van der Waals surface area (Å²) >= 11 is 0. The first-order valence-corrected chi connectivity index (χ1v) is 6.92. The number of benzene rings is 3. The molecule has 21 heavy (non-hydrogen) atoms. The van der Waals surface area contributed by atoms with Crippen LogP contribution in [0.15, 0.2) is 60.7 Å². The Morgan fingerprint density at radius 2 is 1.67 bits per heavy atom. The van der Waals surface area contributed by atoms with Crippen molar-refractivity contribution in [1.29, 1.82) is 0 Å². The summed E-state index contributed by atoms with van der Waals surface area (Å²) in [5.41, 5.74) is 2.70. The Hall–Kier alpha value is -2.61. The van der Waals surface area contributed by atoms with E-state index in [4.69, 9.17) is 4.74 Å². The lowest BCUT2D eigenvalue weighted by atomic mass is 10.0. The van der Waals surface area contributed by atoms with Gasteiger partial charge in [0, 0.05) is 0 Å². The van der Waals surface area contributed by atoms with Gasteiger partial charge >= 0.3 is 5.97 Å². The minimum absolute atomic E-state index is 0.321.